The number of morpholine rings is 1. The molecule has 160 valence electrons. The van der Waals surface area contributed by atoms with Gasteiger partial charge in [-0.05, 0) is 47.5 Å². The lowest BCUT2D eigenvalue weighted by Crippen LogP contribution is -2.42. The quantitative estimate of drug-likeness (QED) is 0.441. The molecule has 1 unspecified atom stereocenters. The number of carbonyl (C=O) groups excluding carboxylic acids is 1. The molecule has 0 bridgehead atoms. The van der Waals surface area contributed by atoms with E-state index in [-0.39, 0.29) is 12.0 Å². The Morgan fingerprint density at radius 2 is 1.97 bits per heavy atom. The maximum atomic E-state index is 13.1. The lowest BCUT2D eigenvalue weighted by atomic mass is 10.1. The van der Waals surface area contributed by atoms with E-state index in [1.165, 1.54) is 0 Å². The van der Waals surface area contributed by atoms with Crippen LogP contribution >= 0.6 is 11.6 Å². The summed E-state index contributed by atoms with van der Waals surface area (Å²) in [6.07, 6.45) is 4.09. The number of aromatic nitrogens is 2. The summed E-state index contributed by atoms with van der Waals surface area (Å²) in [5, 5.41) is 1.71. The van der Waals surface area contributed by atoms with E-state index in [9.17, 15) is 4.79 Å². The van der Waals surface area contributed by atoms with Crippen LogP contribution in [0.4, 0.5) is 0 Å². The SMILES string of the molecule is O=C(c1ccc2ncccc2c1)N1CCOC(c2ccc(Cc3ccccc3Cl)cn2)C1. The van der Waals surface area contributed by atoms with E-state index in [2.05, 4.69) is 9.97 Å². The van der Waals surface area contributed by atoms with Gasteiger partial charge in [-0.15, -0.1) is 0 Å². The molecule has 3 heterocycles. The van der Waals surface area contributed by atoms with Gasteiger partial charge in [0.05, 0.1) is 24.4 Å². The monoisotopic (exact) mass is 443 g/mol. The minimum absolute atomic E-state index is 0.000562. The predicted molar refractivity (Wildman–Crippen MR) is 125 cm³/mol. The first-order valence-corrected chi connectivity index (χ1v) is 11.0. The molecule has 0 spiro atoms. The van der Waals surface area contributed by atoms with Crippen molar-refractivity contribution in [3.63, 3.8) is 0 Å². The number of ether oxygens (including phenoxy) is 1. The number of hydrogen-bond donors (Lipinski definition) is 0. The van der Waals surface area contributed by atoms with Crippen LogP contribution in [-0.2, 0) is 11.2 Å². The van der Waals surface area contributed by atoms with Crippen molar-refractivity contribution in [2.45, 2.75) is 12.5 Å². The van der Waals surface area contributed by atoms with Crippen LogP contribution in [0.15, 0.2) is 79.1 Å². The summed E-state index contributed by atoms with van der Waals surface area (Å²) in [5.74, 6) is -0.000562. The molecule has 6 heteroatoms. The Labute approximate surface area is 191 Å². The summed E-state index contributed by atoms with van der Waals surface area (Å²) < 4.78 is 5.94. The Bertz CT molecular complexity index is 1260. The van der Waals surface area contributed by atoms with Gasteiger partial charge in [0.1, 0.15) is 6.10 Å². The highest BCUT2D eigenvalue weighted by molar-refractivity contribution is 6.31. The lowest BCUT2D eigenvalue weighted by Gasteiger charge is -2.32. The van der Waals surface area contributed by atoms with Gasteiger partial charge >= 0.3 is 0 Å². The van der Waals surface area contributed by atoms with Crippen molar-refractivity contribution >= 4 is 28.4 Å². The second kappa shape index (κ2) is 9.07. The zero-order valence-electron chi connectivity index (χ0n) is 17.4. The Balaban J connectivity index is 1.29. The summed E-state index contributed by atoms with van der Waals surface area (Å²) >= 11 is 6.27. The van der Waals surface area contributed by atoms with Crippen molar-refractivity contribution in [1.82, 2.24) is 14.9 Å². The number of pyridine rings is 2. The number of benzene rings is 2. The van der Waals surface area contributed by atoms with Gasteiger partial charge in [0.2, 0.25) is 0 Å². The fraction of sp³-hybridized carbons (Fsp3) is 0.192. The molecule has 0 radical (unpaired) electrons. The Morgan fingerprint density at radius 3 is 2.81 bits per heavy atom. The number of halogens is 1. The predicted octanol–water partition coefficient (Wildman–Crippen LogP) is 5.09. The fourth-order valence-corrected chi connectivity index (χ4v) is 4.20. The number of nitrogens with zero attached hydrogens (tertiary/aromatic N) is 3. The topological polar surface area (TPSA) is 55.3 Å². The number of hydrogen-bond acceptors (Lipinski definition) is 4. The fourth-order valence-electron chi connectivity index (χ4n) is 4.00. The van der Waals surface area contributed by atoms with Crippen LogP contribution in [0.25, 0.3) is 10.9 Å². The van der Waals surface area contributed by atoms with Crippen molar-refractivity contribution in [3.8, 4) is 0 Å². The van der Waals surface area contributed by atoms with E-state index in [4.69, 9.17) is 16.3 Å². The summed E-state index contributed by atoms with van der Waals surface area (Å²) in [6, 6.07) is 21.3. The van der Waals surface area contributed by atoms with E-state index < -0.39 is 0 Å². The van der Waals surface area contributed by atoms with Crippen molar-refractivity contribution in [2.24, 2.45) is 0 Å². The first-order valence-electron chi connectivity index (χ1n) is 10.6. The van der Waals surface area contributed by atoms with Crippen molar-refractivity contribution in [1.29, 1.82) is 0 Å². The third-order valence-corrected chi connectivity index (χ3v) is 6.10. The van der Waals surface area contributed by atoms with E-state index in [0.29, 0.717) is 25.3 Å². The zero-order chi connectivity index (χ0) is 21.9. The Kier molecular flexibility index (Phi) is 5.84. The van der Waals surface area contributed by atoms with Gasteiger partial charge in [-0.2, -0.15) is 0 Å². The van der Waals surface area contributed by atoms with Crippen LogP contribution in [0.1, 0.15) is 33.3 Å². The smallest absolute Gasteiger partial charge is 0.254 e. The molecule has 1 saturated heterocycles. The van der Waals surface area contributed by atoms with Crippen molar-refractivity contribution in [3.05, 3.63) is 107 Å². The molecule has 5 rings (SSSR count). The number of rotatable bonds is 4. The molecule has 2 aromatic carbocycles. The van der Waals surface area contributed by atoms with Crippen LogP contribution in [0, 0.1) is 0 Å². The minimum Gasteiger partial charge on any atom is -0.368 e. The molecule has 2 aromatic heterocycles. The van der Waals surface area contributed by atoms with Crippen LogP contribution in [0.5, 0.6) is 0 Å². The molecule has 0 saturated carbocycles. The van der Waals surface area contributed by atoms with Crippen LogP contribution < -0.4 is 0 Å². The molecule has 32 heavy (non-hydrogen) atoms. The number of fused-ring (bicyclic) bond motifs is 1. The highest BCUT2D eigenvalue weighted by atomic mass is 35.5. The van der Waals surface area contributed by atoms with E-state index in [1.807, 2.05) is 77.8 Å². The molecular weight excluding hydrogens is 422 g/mol. The molecular formula is C26H22ClN3O2. The van der Waals surface area contributed by atoms with E-state index >= 15 is 0 Å². The maximum Gasteiger partial charge on any atom is 0.254 e. The molecule has 5 nitrogen and oxygen atoms in total. The molecule has 1 fully saturated rings. The molecule has 0 aliphatic carbocycles. The number of carbonyl (C=O) groups is 1. The van der Waals surface area contributed by atoms with Crippen molar-refractivity contribution in [2.75, 3.05) is 19.7 Å². The Hall–Kier alpha value is -3.28. The summed E-state index contributed by atoms with van der Waals surface area (Å²) in [4.78, 5) is 23.9. The second-order valence-electron chi connectivity index (χ2n) is 7.88. The maximum absolute atomic E-state index is 13.1. The molecule has 1 atom stereocenters. The highest BCUT2D eigenvalue weighted by Crippen LogP contribution is 2.24. The summed E-state index contributed by atoms with van der Waals surface area (Å²) in [5.41, 5.74) is 4.52. The van der Waals surface area contributed by atoms with Gasteiger partial charge in [-0.1, -0.05) is 41.9 Å². The normalized spacial score (nSPS) is 16.3. The van der Waals surface area contributed by atoms with Gasteiger partial charge in [-0.25, -0.2) is 0 Å². The highest BCUT2D eigenvalue weighted by Gasteiger charge is 2.27. The van der Waals surface area contributed by atoms with Gasteiger partial charge in [0, 0.05) is 41.3 Å². The molecule has 4 aromatic rings. The largest absolute Gasteiger partial charge is 0.368 e. The standard InChI is InChI=1S/C26H22ClN3O2/c27-22-6-2-1-4-19(22)14-18-7-9-24(29-16-18)25-17-30(12-13-32-25)26(31)21-8-10-23-20(15-21)5-3-11-28-23/h1-11,15-16,25H,12-14,17H2. The second-order valence-corrected chi connectivity index (χ2v) is 8.29. The van der Waals surface area contributed by atoms with Gasteiger partial charge in [0.15, 0.2) is 0 Å². The molecule has 1 aliphatic heterocycles. The first-order chi connectivity index (χ1) is 15.7. The third-order valence-electron chi connectivity index (χ3n) is 5.73. The minimum atomic E-state index is -0.246. The zero-order valence-corrected chi connectivity index (χ0v) is 18.2. The average molecular weight is 444 g/mol. The molecule has 1 amide bonds. The van der Waals surface area contributed by atoms with Crippen LogP contribution in [0.2, 0.25) is 5.02 Å². The van der Waals surface area contributed by atoms with E-state index in [1.54, 1.807) is 6.20 Å². The molecule has 0 N–H and O–H groups in total. The van der Waals surface area contributed by atoms with Gasteiger partial charge in [0.25, 0.3) is 5.91 Å². The van der Waals surface area contributed by atoms with Crippen LogP contribution in [0.3, 0.4) is 0 Å². The number of amides is 1. The van der Waals surface area contributed by atoms with Gasteiger partial charge < -0.3 is 9.64 Å². The lowest BCUT2D eigenvalue weighted by molar-refractivity contribution is -0.0247. The Morgan fingerprint density at radius 1 is 1.06 bits per heavy atom. The third kappa shape index (κ3) is 4.35. The first kappa shape index (κ1) is 20.6. The van der Waals surface area contributed by atoms with Crippen LogP contribution in [-0.4, -0.2) is 40.5 Å². The summed E-state index contributed by atoms with van der Waals surface area (Å²) in [7, 11) is 0. The van der Waals surface area contributed by atoms with Crippen molar-refractivity contribution < 1.29 is 9.53 Å². The summed E-state index contributed by atoms with van der Waals surface area (Å²) in [6.45, 7) is 1.51. The average Bonchev–Trinajstić information content (AvgIpc) is 2.85. The van der Waals surface area contributed by atoms with E-state index in [0.717, 1.165) is 39.2 Å². The van der Waals surface area contributed by atoms with Gasteiger partial charge in [-0.3, -0.25) is 14.8 Å². The molecule has 1 aliphatic rings.